The Morgan fingerprint density at radius 3 is 2.53 bits per heavy atom. The fourth-order valence-corrected chi connectivity index (χ4v) is 1.21. The van der Waals surface area contributed by atoms with Crippen LogP contribution in [-0.2, 0) is 0 Å². The highest BCUT2D eigenvalue weighted by molar-refractivity contribution is 5.95. The minimum atomic E-state index is -4.79. The monoisotopic (exact) mass is 245 g/mol. The highest BCUT2D eigenvalue weighted by Crippen LogP contribution is 2.25. The van der Waals surface area contributed by atoms with Gasteiger partial charge in [0.05, 0.1) is 0 Å². The maximum atomic E-state index is 12.0. The Balaban J connectivity index is 3.14. The number of nitrogens with one attached hydrogen (secondary N) is 1. The number of benzene rings is 1. The van der Waals surface area contributed by atoms with Gasteiger partial charge in [-0.15, -0.1) is 13.2 Å². The maximum Gasteiger partial charge on any atom is 0.573 e. The van der Waals surface area contributed by atoms with Crippen LogP contribution >= 0.6 is 0 Å². The highest BCUT2D eigenvalue weighted by atomic mass is 19.4. The van der Waals surface area contributed by atoms with E-state index in [-0.39, 0.29) is 5.56 Å². The van der Waals surface area contributed by atoms with Crippen molar-refractivity contribution in [3.63, 3.8) is 0 Å². The predicted molar refractivity (Wildman–Crippen MR) is 56.6 cm³/mol. The van der Waals surface area contributed by atoms with Crippen LogP contribution in [-0.4, -0.2) is 19.3 Å². The number of hydrogen-bond donors (Lipinski definition) is 1. The third kappa shape index (κ3) is 3.82. The lowest BCUT2D eigenvalue weighted by Crippen LogP contribution is -2.20. The second-order valence-corrected chi connectivity index (χ2v) is 3.12. The average Bonchev–Trinajstić information content (AvgIpc) is 2.25. The number of rotatable bonds is 3. The largest absolute Gasteiger partial charge is 0.573 e. The molecule has 1 amide bonds. The summed E-state index contributed by atoms with van der Waals surface area (Å²) in [5.74, 6) is -0.950. The van der Waals surface area contributed by atoms with E-state index in [1.807, 2.05) is 0 Å². The molecule has 0 aromatic heterocycles. The molecule has 0 spiro atoms. The van der Waals surface area contributed by atoms with Crippen LogP contribution in [0.5, 0.6) is 5.75 Å². The molecule has 0 radical (unpaired) electrons. The minimum Gasteiger partial charge on any atom is -0.406 e. The van der Waals surface area contributed by atoms with Gasteiger partial charge >= 0.3 is 6.36 Å². The van der Waals surface area contributed by atoms with Crippen LogP contribution < -0.4 is 10.1 Å². The van der Waals surface area contributed by atoms with Crippen molar-refractivity contribution in [3.8, 4) is 5.75 Å². The first-order valence-corrected chi connectivity index (χ1v) is 4.61. The van der Waals surface area contributed by atoms with Crippen molar-refractivity contribution >= 4 is 12.0 Å². The molecule has 1 rings (SSSR count). The fourth-order valence-electron chi connectivity index (χ4n) is 1.21. The Bertz CT molecular complexity index is 441. The third-order valence-corrected chi connectivity index (χ3v) is 1.89. The summed E-state index contributed by atoms with van der Waals surface area (Å²) in [6.07, 6.45) is -3.46. The second kappa shape index (κ2) is 4.90. The molecule has 1 aromatic rings. The first kappa shape index (κ1) is 13.1. The van der Waals surface area contributed by atoms with Crippen LogP contribution in [0.25, 0.3) is 6.08 Å². The van der Waals surface area contributed by atoms with E-state index in [1.165, 1.54) is 19.2 Å². The van der Waals surface area contributed by atoms with Crippen molar-refractivity contribution in [2.75, 3.05) is 7.05 Å². The van der Waals surface area contributed by atoms with Gasteiger partial charge in [0.15, 0.2) is 0 Å². The molecule has 1 N–H and O–H groups in total. The first-order chi connectivity index (χ1) is 7.85. The van der Waals surface area contributed by atoms with E-state index < -0.39 is 18.0 Å². The molecule has 0 fully saturated rings. The van der Waals surface area contributed by atoms with Gasteiger partial charge in [0.25, 0.3) is 5.91 Å². The van der Waals surface area contributed by atoms with Gasteiger partial charge in [-0.1, -0.05) is 12.7 Å². The molecule has 1 aromatic carbocycles. The lowest BCUT2D eigenvalue weighted by atomic mass is 10.1. The molecule has 0 aliphatic rings. The number of hydrogen-bond acceptors (Lipinski definition) is 2. The highest BCUT2D eigenvalue weighted by Gasteiger charge is 2.31. The Morgan fingerprint density at radius 1 is 1.41 bits per heavy atom. The van der Waals surface area contributed by atoms with Crippen molar-refractivity contribution < 1.29 is 22.7 Å². The molecule has 6 heteroatoms. The quantitative estimate of drug-likeness (QED) is 0.888. The number of carbonyl (C=O) groups excluding carboxylic acids is 1. The van der Waals surface area contributed by atoms with E-state index in [2.05, 4.69) is 16.6 Å². The summed E-state index contributed by atoms with van der Waals surface area (Å²) in [5, 5.41) is 2.31. The molecule has 0 unspecified atom stereocenters. The zero-order chi connectivity index (χ0) is 13.1. The summed E-state index contributed by atoms with van der Waals surface area (Å²) in [6.45, 7) is 3.43. The summed E-state index contributed by atoms with van der Waals surface area (Å²) in [5.41, 5.74) is 0.439. The van der Waals surface area contributed by atoms with Crippen molar-refractivity contribution in [1.82, 2.24) is 5.32 Å². The summed E-state index contributed by atoms with van der Waals surface area (Å²) in [4.78, 5) is 11.3. The number of ether oxygens (including phenoxy) is 1. The van der Waals surface area contributed by atoms with E-state index in [1.54, 1.807) is 0 Å². The summed E-state index contributed by atoms with van der Waals surface area (Å²) < 4.78 is 39.9. The van der Waals surface area contributed by atoms with E-state index in [0.29, 0.717) is 5.56 Å². The smallest absolute Gasteiger partial charge is 0.406 e. The zero-order valence-corrected chi connectivity index (χ0v) is 8.97. The van der Waals surface area contributed by atoms with Crippen LogP contribution in [0.3, 0.4) is 0 Å². The molecule has 0 aliphatic carbocycles. The molecule has 0 bridgehead atoms. The van der Waals surface area contributed by atoms with E-state index in [4.69, 9.17) is 0 Å². The zero-order valence-electron chi connectivity index (χ0n) is 8.97. The van der Waals surface area contributed by atoms with Gasteiger partial charge in [0, 0.05) is 12.6 Å². The summed E-state index contributed by atoms with van der Waals surface area (Å²) >= 11 is 0. The van der Waals surface area contributed by atoms with Crippen LogP contribution in [0, 0.1) is 0 Å². The Morgan fingerprint density at radius 2 is 2.06 bits per heavy atom. The Labute approximate surface area is 95.9 Å². The number of alkyl halides is 3. The second-order valence-electron chi connectivity index (χ2n) is 3.12. The van der Waals surface area contributed by atoms with Gasteiger partial charge in [-0.25, -0.2) is 0 Å². The first-order valence-electron chi connectivity index (χ1n) is 4.61. The third-order valence-electron chi connectivity index (χ3n) is 1.89. The van der Waals surface area contributed by atoms with Crippen LogP contribution in [0.1, 0.15) is 15.9 Å². The SMILES string of the molecule is C=Cc1cc(OC(F)(F)F)cc(C(=O)NC)c1. The fraction of sp³-hybridized carbons (Fsp3) is 0.182. The van der Waals surface area contributed by atoms with Gasteiger partial charge in [-0.3, -0.25) is 4.79 Å². The molecule has 0 saturated heterocycles. The number of halogens is 3. The maximum absolute atomic E-state index is 12.0. The van der Waals surface area contributed by atoms with Crippen LogP contribution in [0.15, 0.2) is 24.8 Å². The van der Waals surface area contributed by atoms with Crippen molar-refractivity contribution in [2.45, 2.75) is 6.36 Å². The topological polar surface area (TPSA) is 38.3 Å². The van der Waals surface area contributed by atoms with Crippen molar-refractivity contribution in [2.24, 2.45) is 0 Å². The van der Waals surface area contributed by atoms with E-state index in [0.717, 1.165) is 12.1 Å². The number of carbonyl (C=O) groups is 1. The average molecular weight is 245 g/mol. The van der Waals surface area contributed by atoms with Gasteiger partial charge < -0.3 is 10.1 Å². The molecule has 0 atom stereocenters. The minimum absolute atomic E-state index is 0.0733. The Kier molecular flexibility index (Phi) is 3.77. The predicted octanol–water partition coefficient (Wildman–Crippen LogP) is 2.59. The summed E-state index contributed by atoms with van der Waals surface area (Å²) in [6, 6.07) is 3.57. The molecule has 17 heavy (non-hydrogen) atoms. The van der Waals surface area contributed by atoms with E-state index in [9.17, 15) is 18.0 Å². The normalized spacial score (nSPS) is 10.8. The number of amides is 1. The lowest BCUT2D eigenvalue weighted by molar-refractivity contribution is -0.274. The summed E-state index contributed by atoms with van der Waals surface area (Å²) in [7, 11) is 1.38. The molecule has 0 heterocycles. The molecule has 0 saturated carbocycles. The molecule has 92 valence electrons. The Hall–Kier alpha value is -1.98. The van der Waals surface area contributed by atoms with Crippen molar-refractivity contribution in [3.05, 3.63) is 35.9 Å². The lowest BCUT2D eigenvalue weighted by Gasteiger charge is -2.11. The molecular weight excluding hydrogens is 235 g/mol. The van der Waals surface area contributed by atoms with Crippen LogP contribution in [0.2, 0.25) is 0 Å². The molecule has 3 nitrogen and oxygen atoms in total. The van der Waals surface area contributed by atoms with E-state index >= 15 is 0 Å². The van der Waals surface area contributed by atoms with Gasteiger partial charge in [0.2, 0.25) is 0 Å². The standard InChI is InChI=1S/C11H10F3NO2/c1-3-7-4-8(10(16)15-2)6-9(5-7)17-11(12,13)14/h3-6H,1H2,2H3,(H,15,16). The molecule has 0 aliphatic heterocycles. The van der Waals surface area contributed by atoms with Crippen LogP contribution in [0.4, 0.5) is 13.2 Å². The van der Waals surface area contributed by atoms with Gasteiger partial charge in [-0.2, -0.15) is 0 Å². The van der Waals surface area contributed by atoms with Crippen molar-refractivity contribution in [1.29, 1.82) is 0 Å². The van der Waals surface area contributed by atoms with Gasteiger partial charge in [0.1, 0.15) is 5.75 Å². The van der Waals surface area contributed by atoms with Gasteiger partial charge in [-0.05, 0) is 23.8 Å². The molecular formula is C11H10F3NO2.